The Kier molecular flexibility index (Phi) is 5.39. The van der Waals surface area contributed by atoms with Crippen LogP contribution < -0.4 is 4.74 Å². The van der Waals surface area contributed by atoms with Gasteiger partial charge in [0.05, 0.1) is 0 Å². The first-order chi connectivity index (χ1) is 9.95. The standard InChI is InChI=1S/C14H18F2N2O2S/c1-9-6-18(7-10(2)21-9)14(19)11-4-3-5-13(17-11)20-8-12(15)16/h3-5,9-10,12H,6-8H2,1-2H3. The first-order valence-corrected chi connectivity index (χ1v) is 7.72. The molecule has 0 spiro atoms. The van der Waals surface area contributed by atoms with Gasteiger partial charge in [0.2, 0.25) is 5.88 Å². The molecule has 1 saturated heterocycles. The van der Waals surface area contributed by atoms with E-state index in [1.54, 1.807) is 17.0 Å². The molecule has 0 aliphatic carbocycles. The summed E-state index contributed by atoms with van der Waals surface area (Å²) < 4.78 is 29.1. The minimum absolute atomic E-state index is 0.0497. The summed E-state index contributed by atoms with van der Waals surface area (Å²) in [5.74, 6) is -0.134. The maximum atomic E-state index is 12.4. The summed E-state index contributed by atoms with van der Waals surface area (Å²) in [6.07, 6.45) is -2.56. The maximum Gasteiger partial charge on any atom is 0.272 e. The van der Waals surface area contributed by atoms with E-state index in [-0.39, 0.29) is 17.5 Å². The van der Waals surface area contributed by atoms with Gasteiger partial charge < -0.3 is 9.64 Å². The lowest BCUT2D eigenvalue weighted by Crippen LogP contribution is -2.44. The zero-order valence-corrected chi connectivity index (χ0v) is 12.8. The highest BCUT2D eigenvalue weighted by atomic mass is 32.2. The van der Waals surface area contributed by atoms with Gasteiger partial charge in [-0.15, -0.1) is 0 Å². The molecule has 0 N–H and O–H groups in total. The molecule has 2 heterocycles. The van der Waals surface area contributed by atoms with E-state index < -0.39 is 13.0 Å². The van der Waals surface area contributed by atoms with Crippen LogP contribution in [0.15, 0.2) is 18.2 Å². The molecule has 1 aliphatic heterocycles. The highest BCUT2D eigenvalue weighted by molar-refractivity contribution is 8.00. The van der Waals surface area contributed by atoms with Crippen molar-refractivity contribution < 1.29 is 18.3 Å². The molecule has 1 aromatic heterocycles. The highest BCUT2D eigenvalue weighted by Crippen LogP contribution is 2.25. The topological polar surface area (TPSA) is 42.4 Å². The van der Waals surface area contributed by atoms with Crippen LogP contribution >= 0.6 is 11.8 Å². The van der Waals surface area contributed by atoms with E-state index in [0.717, 1.165) is 0 Å². The fourth-order valence-corrected chi connectivity index (χ4v) is 3.59. The molecule has 0 saturated carbocycles. The van der Waals surface area contributed by atoms with E-state index in [1.165, 1.54) is 6.07 Å². The zero-order valence-electron chi connectivity index (χ0n) is 12.0. The summed E-state index contributed by atoms with van der Waals surface area (Å²) in [6, 6.07) is 4.64. The molecular weight excluding hydrogens is 298 g/mol. The van der Waals surface area contributed by atoms with Gasteiger partial charge in [-0.1, -0.05) is 19.9 Å². The lowest BCUT2D eigenvalue weighted by atomic mass is 10.2. The Hall–Kier alpha value is -1.37. The van der Waals surface area contributed by atoms with Crippen molar-refractivity contribution in [1.82, 2.24) is 9.88 Å². The molecule has 2 atom stereocenters. The van der Waals surface area contributed by atoms with Crippen LogP contribution in [-0.2, 0) is 0 Å². The Morgan fingerprint density at radius 3 is 2.71 bits per heavy atom. The Morgan fingerprint density at radius 1 is 1.43 bits per heavy atom. The first-order valence-electron chi connectivity index (χ1n) is 6.78. The average Bonchev–Trinajstić information content (AvgIpc) is 2.43. The van der Waals surface area contributed by atoms with Crippen LogP contribution in [0.2, 0.25) is 0 Å². The minimum Gasteiger partial charge on any atom is -0.472 e. The van der Waals surface area contributed by atoms with Crippen molar-refractivity contribution in [2.24, 2.45) is 0 Å². The third kappa shape index (κ3) is 4.56. The Labute approximate surface area is 126 Å². The van der Waals surface area contributed by atoms with Gasteiger partial charge in [0.25, 0.3) is 12.3 Å². The van der Waals surface area contributed by atoms with Gasteiger partial charge in [0, 0.05) is 29.7 Å². The van der Waals surface area contributed by atoms with E-state index in [4.69, 9.17) is 4.74 Å². The number of halogens is 2. The van der Waals surface area contributed by atoms with Gasteiger partial charge in [-0.3, -0.25) is 4.79 Å². The van der Waals surface area contributed by atoms with Gasteiger partial charge in [-0.05, 0) is 6.07 Å². The van der Waals surface area contributed by atoms with Gasteiger partial charge >= 0.3 is 0 Å². The molecule has 116 valence electrons. The molecule has 2 rings (SSSR count). The fourth-order valence-electron chi connectivity index (χ4n) is 2.27. The molecule has 0 aromatic carbocycles. The number of carbonyl (C=O) groups excluding carboxylic acids is 1. The monoisotopic (exact) mass is 316 g/mol. The third-order valence-corrected chi connectivity index (χ3v) is 4.23. The lowest BCUT2D eigenvalue weighted by Gasteiger charge is -2.34. The number of nitrogens with zero attached hydrogens (tertiary/aromatic N) is 2. The number of rotatable bonds is 4. The van der Waals surface area contributed by atoms with Crippen molar-refractivity contribution in [2.45, 2.75) is 30.8 Å². The smallest absolute Gasteiger partial charge is 0.272 e. The largest absolute Gasteiger partial charge is 0.472 e. The average molecular weight is 316 g/mol. The number of carbonyl (C=O) groups is 1. The summed E-state index contributed by atoms with van der Waals surface area (Å²) in [7, 11) is 0. The molecule has 0 bridgehead atoms. The van der Waals surface area contributed by atoms with Crippen molar-refractivity contribution >= 4 is 17.7 Å². The van der Waals surface area contributed by atoms with Crippen LogP contribution in [0.3, 0.4) is 0 Å². The summed E-state index contributed by atoms with van der Waals surface area (Å²) >= 11 is 1.85. The number of thioether (sulfide) groups is 1. The van der Waals surface area contributed by atoms with Crippen molar-refractivity contribution in [3.8, 4) is 5.88 Å². The number of pyridine rings is 1. The Balaban J connectivity index is 2.06. The van der Waals surface area contributed by atoms with E-state index >= 15 is 0 Å². The van der Waals surface area contributed by atoms with Crippen LogP contribution in [0.5, 0.6) is 5.88 Å². The minimum atomic E-state index is -2.56. The number of aromatic nitrogens is 1. The Morgan fingerprint density at radius 2 is 2.10 bits per heavy atom. The van der Waals surface area contributed by atoms with E-state index in [2.05, 4.69) is 18.8 Å². The van der Waals surface area contributed by atoms with Crippen LogP contribution in [0.25, 0.3) is 0 Å². The van der Waals surface area contributed by atoms with Crippen LogP contribution in [0.4, 0.5) is 8.78 Å². The number of alkyl halides is 2. The zero-order chi connectivity index (χ0) is 15.4. The van der Waals surface area contributed by atoms with E-state index in [1.807, 2.05) is 11.8 Å². The van der Waals surface area contributed by atoms with Gasteiger partial charge in [0.1, 0.15) is 5.69 Å². The second-order valence-corrected chi connectivity index (χ2v) is 6.91. The van der Waals surface area contributed by atoms with Crippen molar-refractivity contribution in [3.63, 3.8) is 0 Å². The molecule has 0 radical (unpaired) electrons. The summed E-state index contributed by atoms with van der Waals surface area (Å²) in [4.78, 5) is 18.2. The van der Waals surface area contributed by atoms with Crippen LogP contribution in [0, 0.1) is 0 Å². The van der Waals surface area contributed by atoms with Crippen molar-refractivity contribution in [3.05, 3.63) is 23.9 Å². The van der Waals surface area contributed by atoms with Gasteiger partial charge in [0.15, 0.2) is 6.61 Å². The van der Waals surface area contributed by atoms with Crippen molar-refractivity contribution in [2.75, 3.05) is 19.7 Å². The molecule has 7 heteroatoms. The predicted molar refractivity (Wildman–Crippen MR) is 78.2 cm³/mol. The number of hydrogen-bond donors (Lipinski definition) is 0. The third-order valence-electron chi connectivity index (χ3n) is 3.01. The molecule has 1 aliphatic rings. The molecule has 1 fully saturated rings. The van der Waals surface area contributed by atoms with Gasteiger partial charge in [-0.25, -0.2) is 13.8 Å². The van der Waals surface area contributed by atoms with Gasteiger partial charge in [-0.2, -0.15) is 11.8 Å². The number of ether oxygens (including phenoxy) is 1. The second kappa shape index (κ2) is 7.06. The SMILES string of the molecule is CC1CN(C(=O)c2cccc(OCC(F)F)n2)CC(C)S1. The van der Waals surface area contributed by atoms with Crippen LogP contribution in [0.1, 0.15) is 24.3 Å². The molecule has 1 aromatic rings. The Bertz CT molecular complexity index is 492. The highest BCUT2D eigenvalue weighted by Gasteiger charge is 2.27. The predicted octanol–water partition coefficient (Wildman–Crippen LogP) is 2.69. The first kappa shape index (κ1) is 16.0. The normalized spacial score (nSPS) is 22.4. The quantitative estimate of drug-likeness (QED) is 0.856. The molecular formula is C14H18F2N2O2S. The van der Waals surface area contributed by atoms with Crippen LogP contribution in [-0.4, -0.2) is 52.4 Å². The number of hydrogen-bond acceptors (Lipinski definition) is 4. The molecule has 2 unspecified atom stereocenters. The summed E-state index contributed by atoms with van der Waals surface area (Å²) in [6.45, 7) is 4.76. The second-order valence-electron chi connectivity index (χ2n) is 5.03. The fraction of sp³-hybridized carbons (Fsp3) is 0.571. The summed E-state index contributed by atoms with van der Waals surface area (Å²) in [5.41, 5.74) is 0.230. The molecule has 4 nitrogen and oxygen atoms in total. The molecule has 1 amide bonds. The summed E-state index contributed by atoms with van der Waals surface area (Å²) in [5, 5.41) is 0.743. The number of amides is 1. The lowest BCUT2D eigenvalue weighted by molar-refractivity contribution is 0.0735. The van der Waals surface area contributed by atoms with Crippen molar-refractivity contribution in [1.29, 1.82) is 0 Å². The van der Waals surface area contributed by atoms with E-state index in [9.17, 15) is 13.6 Å². The maximum absolute atomic E-state index is 12.4. The molecule has 21 heavy (non-hydrogen) atoms. The van der Waals surface area contributed by atoms with E-state index in [0.29, 0.717) is 23.6 Å².